The molecule has 1 aromatic heterocycles. The molecule has 0 aliphatic rings. The molecule has 0 spiro atoms. The minimum atomic E-state index is -0.494. The maximum Gasteiger partial charge on any atom is 0.326 e. The zero-order valence-corrected chi connectivity index (χ0v) is 10.4. The monoisotopic (exact) mass is 240 g/mol. The zero-order valence-electron chi connectivity index (χ0n) is 10.4. The second-order valence-electron chi connectivity index (χ2n) is 3.85. The quantitative estimate of drug-likeness (QED) is 0.717. The summed E-state index contributed by atoms with van der Waals surface area (Å²) in [7, 11) is 1.39. The number of ether oxygens (including phenoxy) is 2. The van der Waals surface area contributed by atoms with Crippen molar-refractivity contribution in [2.45, 2.75) is 33.4 Å². The van der Waals surface area contributed by atoms with Crippen LogP contribution in [0.1, 0.15) is 19.5 Å². The van der Waals surface area contributed by atoms with Crippen LogP contribution in [0.4, 0.5) is 0 Å². The molecule has 1 heterocycles. The highest BCUT2D eigenvalue weighted by Gasteiger charge is 2.13. The number of esters is 1. The Hall–Kier alpha value is -1.85. The highest BCUT2D eigenvalue weighted by atomic mass is 16.5. The lowest BCUT2D eigenvalue weighted by atomic mass is 10.4. The Bertz CT molecular complexity index is 465. The van der Waals surface area contributed by atoms with Gasteiger partial charge in [0.25, 0.3) is 11.6 Å². The third-order valence-electron chi connectivity index (χ3n) is 1.94. The molecule has 1 aromatic rings. The molecule has 0 saturated heterocycles. The number of aromatic nitrogens is 2. The van der Waals surface area contributed by atoms with Gasteiger partial charge >= 0.3 is 5.97 Å². The summed E-state index contributed by atoms with van der Waals surface area (Å²) < 4.78 is 11.1. The lowest BCUT2D eigenvalue weighted by Crippen LogP contribution is -2.28. The van der Waals surface area contributed by atoms with Crippen LogP contribution in [-0.2, 0) is 16.1 Å². The van der Waals surface area contributed by atoms with Crippen molar-refractivity contribution in [2.75, 3.05) is 7.11 Å². The first-order valence-corrected chi connectivity index (χ1v) is 5.26. The van der Waals surface area contributed by atoms with Gasteiger partial charge in [-0.1, -0.05) is 0 Å². The smallest absolute Gasteiger partial charge is 0.326 e. The van der Waals surface area contributed by atoms with Gasteiger partial charge in [0.05, 0.1) is 13.2 Å². The Kier molecular flexibility index (Phi) is 4.25. The molecule has 0 radical (unpaired) electrons. The highest BCUT2D eigenvalue weighted by Crippen LogP contribution is 2.04. The number of carbonyl (C=O) groups excluding carboxylic acids is 1. The molecule has 1 rings (SSSR count). The van der Waals surface area contributed by atoms with Crippen LogP contribution in [0.25, 0.3) is 0 Å². The minimum Gasteiger partial charge on any atom is -0.468 e. The van der Waals surface area contributed by atoms with E-state index in [2.05, 4.69) is 4.98 Å². The molecule has 0 aliphatic heterocycles. The van der Waals surface area contributed by atoms with Gasteiger partial charge in [-0.25, -0.2) is 4.98 Å². The molecule has 0 unspecified atom stereocenters. The van der Waals surface area contributed by atoms with E-state index in [4.69, 9.17) is 9.47 Å². The first-order valence-electron chi connectivity index (χ1n) is 5.26. The van der Waals surface area contributed by atoms with Crippen molar-refractivity contribution in [1.29, 1.82) is 0 Å². The molecule has 0 aliphatic carbocycles. The molecule has 0 saturated carbocycles. The van der Waals surface area contributed by atoms with Crippen LogP contribution in [0.15, 0.2) is 10.9 Å². The summed E-state index contributed by atoms with van der Waals surface area (Å²) in [5, 5.41) is 0. The number of carbonyl (C=O) groups is 1. The number of aryl methyl sites for hydroxylation is 1. The highest BCUT2D eigenvalue weighted by molar-refractivity contribution is 5.69. The van der Waals surface area contributed by atoms with Crippen LogP contribution in [0, 0.1) is 6.92 Å². The Morgan fingerprint density at radius 1 is 1.53 bits per heavy atom. The van der Waals surface area contributed by atoms with E-state index < -0.39 is 5.97 Å². The van der Waals surface area contributed by atoms with Gasteiger partial charge in [-0.3, -0.25) is 14.2 Å². The van der Waals surface area contributed by atoms with Crippen LogP contribution in [-0.4, -0.2) is 28.7 Å². The van der Waals surface area contributed by atoms with Gasteiger partial charge in [0.15, 0.2) is 0 Å². The zero-order chi connectivity index (χ0) is 13.0. The van der Waals surface area contributed by atoms with Gasteiger partial charge in [0.1, 0.15) is 6.54 Å². The first-order chi connectivity index (χ1) is 7.93. The SMILES string of the molecule is COc1nc(C)cc(=O)n1CC(=O)OC(C)C. The topological polar surface area (TPSA) is 70.4 Å². The Morgan fingerprint density at radius 2 is 2.18 bits per heavy atom. The fourth-order valence-corrected chi connectivity index (χ4v) is 1.33. The fraction of sp³-hybridized carbons (Fsp3) is 0.545. The summed E-state index contributed by atoms with van der Waals surface area (Å²) in [6.45, 7) is 4.96. The van der Waals surface area contributed by atoms with Gasteiger partial charge in [0.2, 0.25) is 0 Å². The Morgan fingerprint density at radius 3 is 2.71 bits per heavy atom. The Balaban J connectivity index is 2.98. The predicted molar refractivity (Wildman–Crippen MR) is 61.0 cm³/mol. The van der Waals surface area contributed by atoms with E-state index in [9.17, 15) is 9.59 Å². The summed E-state index contributed by atoms with van der Waals surface area (Å²) in [6, 6.07) is 1.45. The number of hydrogen-bond acceptors (Lipinski definition) is 5. The summed E-state index contributed by atoms with van der Waals surface area (Å²) in [5.41, 5.74) is 0.204. The number of nitrogens with zero attached hydrogens (tertiary/aromatic N) is 2. The molecule has 0 atom stereocenters. The first kappa shape index (κ1) is 13.2. The van der Waals surface area contributed by atoms with Crippen molar-refractivity contribution in [3.05, 3.63) is 22.1 Å². The number of hydrogen-bond donors (Lipinski definition) is 0. The maximum absolute atomic E-state index is 11.7. The van der Waals surface area contributed by atoms with E-state index in [1.165, 1.54) is 13.2 Å². The van der Waals surface area contributed by atoms with Gasteiger partial charge in [-0.05, 0) is 20.8 Å². The summed E-state index contributed by atoms with van der Waals surface area (Å²) in [4.78, 5) is 27.2. The molecule has 0 bridgehead atoms. The molecule has 0 amide bonds. The second kappa shape index (κ2) is 5.47. The maximum atomic E-state index is 11.7. The molecule has 0 N–H and O–H groups in total. The average Bonchev–Trinajstić information content (AvgIpc) is 2.20. The van der Waals surface area contributed by atoms with E-state index >= 15 is 0 Å². The van der Waals surface area contributed by atoms with Crippen molar-refractivity contribution >= 4 is 5.97 Å². The largest absolute Gasteiger partial charge is 0.468 e. The van der Waals surface area contributed by atoms with Crippen LogP contribution in [0.3, 0.4) is 0 Å². The van der Waals surface area contributed by atoms with Gasteiger partial charge in [-0.2, -0.15) is 0 Å². The van der Waals surface area contributed by atoms with Crippen LogP contribution < -0.4 is 10.3 Å². The average molecular weight is 240 g/mol. The normalized spacial score (nSPS) is 10.4. The Labute approximate surface area is 99.2 Å². The fourth-order valence-electron chi connectivity index (χ4n) is 1.33. The number of rotatable bonds is 4. The van der Waals surface area contributed by atoms with E-state index in [1.54, 1.807) is 20.8 Å². The third-order valence-corrected chi connectivity index (χ3v) is 1.94. The lowest BCUT2D eigenvalue weighted by molar-refractivity contribution is -0.148. The van der Waals surface area contributed by atoms with Gasteiger partial charge < -0.3 is 9.47 Å². The molecular weight excluding hydrogens is 224 g/mol. The van der Waals surface area contributed by atoms with E-state index in [-0.39, 0.29) is 24.2 Å². The van der Waals surface area contributed by atoms with Gasteiger partial charge in [0, 0.05) is 11.8 Å². The predicted octanol–water partition coefficient (Wildman–Crippen LogP) is 0.512. The van der Waals surface area contributed by atoms with E-state index in [0.717, 1.165) is 4.57 Å². The standard InChI is InChI=1S/C11H16N2O4/c1-7(2)17-10(15)6-13-9(14)5-8(3)12-11(13)16-4/h5,7H,6H2,1-4H3. The molecule has 0 fully saturated rings. The summed E-state index contributed by atoms with van der Waals surface area (Å²) in [6.07, 6.45) is -0.220. The third kappa shape index (κ3) is 3.58. The van der Waals surface area contributed by atoms with Crippen molar-refractivity contribution < 1.29 is 14.3 Å². The van der Waals surface area contributed by atoms with Crippen molar-refractivity contribution in [1.82, 2.24) is 9.55 Å². The second-order valence-corrected chi connectivity index (χ2v) is 3.85. The van der Waals surface area contributed by atoms with Crippen LogP contribution >= 0.6 is 0 Å². The minimum absolute atomic E-state index is 0.107. The molecule has 94 valence electrons. The molecule has 6 nitrogen and oxygen atoms in total. The van der Waals surface area contributed by atoms with Crippen LogP contribution in [0.2, 0.25) is 0 Å². The number of methoxy groups -OCH3 is 1. The van der Waals surface area contributed by atoms with Gasteiger partial charge in [-0.15, -0.1) is 0 Å². The molecule has 17 heavy (non-hydrogen) atoms. The van der Waals surface area contributed by atoms with E-state index in [0.29, 0.717) is 5.69 Å². The van der Waals surface area contributed by atoms with E-state index in [1.807, 2.05) is 0 Å². The molecule has 6 heteroatoms. The van der Waals surface area contributed by atoms with Crippen molar-refractivity contribution in [3.63, 3.8) is 0 Å². The lowest BCUT2D eigenvalue weighted by Gasteiger charge is -2.12. The summed E-state index contributed by atoms with van der Waals surface area (Å²) in [5.74, 6) is -0.494. The summed E-state index contributed by atoms with van der Waals surface area (Å²) >= 11 is 0. The van der Waals surface area contributed by atoms with Crippen LogP contribution in [0.5, 0.6) is 6.01 Å². The van der Waals surface area contributed by atoms with Crippen molar-refractivity contribution in [2.24, 2.45) is 0 Å². The molecule has 0 aromatic carbocycles. The van der Waals surface area contributed by atoms with Crippen molar-refractivity contribution in [3.8, 4) is 6.01 Å². The molecular formula is C11H16N2O4.